The van der Waals surface area contributed by atoms with Gasteiger partial charge in [0.2, 0.25) is 5.89 Å². The van der Waals surface area contributed by atoms with Gasteiger partial charge in [-0.05, 0) is 57.0 Å². The van der Waals surface area contributed by atoms with Crippen molar-refractivity contribution in [1.29, 1.82) is 0 Å². The molecule has 2 aromatic rings. The zero-order chi connectivity index (χ0) is 17.8. The van der Waals surface area contributed by atoms with Crippen molar-refractivity contribution in [3.63, 3.8) is 0 Å². The van der Waals surface area contributed by atoms with E-state index in [1.807, 2.05) is 25.1 Å². The van der Waals surface area contributed by atoms with E-state index >= 15 is 0 Å². The molecule has 0 aliphatic carbocycles. The highest BCUT2D eigenvalue weighted by Gasteiger charge is 2.22. The summed E-state index contributed by atoms with van der Waals surface area (Å²) in [6.45, 7) is 5.61. The maximum absolute atomic E-state index is 5.94. The molecule has 0 spiro atoms. The van der Waals surface area contributed by atoms with E-state index in [9.17, 15) is 0 Å². The van der Waals surface area contributed by atoms with Crippen LogP contribution >= 0.6 is 0 Å². The van der Waals surface area contributed by atoms with Gasteiger partial charge in [0.05, 0.1) is 25.5 Å². The minimum absolute atomic E-state index is 0.565. The van der Waals surface area contributed by atoms with E-state index in [1.165, 1.54) is 12.8 Å². The van der Waals surface area contributed by atoms with Crippen LogP contribution in [-0.4, -0.2) is 43.7 Å². The maximum atomic E-state index is 5.94. The predicted molar refractivity (Wildman–Crippen MR) is 96.8 cm³/mol. The average molecular weight is 345 g/mol. The Morgan fingerprint density at radius 3 is 2.88 bits per heavy atom. The van der Waals surface area contributed by atoms with Crippen LogP contribution in [0.15, 0.2) is 22.6 Å². The normalized spacial score (nSPS) is 18.3. The topological polar surface area (TPSA) is 73.8 Å². The maximum Gasteiger partial charge on any atom is 0.230 e. The molecule has 0 saturated carbocycles. The number of rotatable bonds is 6. The lowest BCUT2D eigenvalue weighted by Gasteiger charge is -2.31. The molecule has 0 bridgehead atoms. The van der Waals surface area contributed by atoms with Crippen LogP contribution in [-0.2, 0) is 6.54 Å². The molecule has 136 valence electrons. The lowest BCUT2D eigenvalue weighted by atomic mass is 9.98. The Kier molecular flexibility index (Phi) is 5.60. The summed E-state index contributed by atoms with van der Waals surface area (Å²) in [6, 6.07) is 5.61. The van der Waals surface area contributed by atoms with Gasteiger partial charge >= 0.3 is 0 Å². The van der Waals surface area contributed by atoms with Crippen LogP contribution in [0.4, 0.5) is 0 Å². The summed E-state index contributed by atoms with van der Waals surface area (Å²) >= 11 is 0. The molecule has 0 radical (unpaired) electrons. The number of aryl methyl sites for hydroxylation is 1. The first-order valence-electron chi connectivity index (χ1n) is 8.75. The average Bonchev–Trinajstić information content (AvgIpc) is 3.01. The third-order valence-electron chi connectivity index (χ3n) is 4.84. The second kappa shape index (κ2) is 7.89. The largest absolute Gasteiger partial charge is 0.497 e. The number of nitrogens with zero attached hydrogens (tertiary/aromatic N) is 2. The van der Waals surface area contributed by atoms with Crippen molar-refractivity contribution in [1.82, 2.24) is 9.88 Å². The summed E-state index contributed by atoms with van der Waals surface area (Å²) in [5, 5.41) is 0. The smallest absolute Gasteiger partial charge is 0.230 e. The van der Waals surface area contributed by atoms with Gasteiger partial charge in [0.1, 0.15) is 17.3 Å². The molecule has 1 unspecified atom stereocenters. The van der Waals surface area contributed by atoms with Crippen LogP contribution in [0, 0.1) is 12.8 Å². The van der Waals surface area contributed by atoms with E-state index < -0.39 is 0 Å². The number of likely N-dealkylation sites (tertiary alicyclic amines) is 1. The van der Waals surface area contributed by atoms with Gasteiger partial charge in [-0.25, -0.2) is 4.98 Å². The van der Waals surface area contributed by atoms with Crippen LogP contribution in [0.1, 0.15) is 24.3 Å². The third-order valence-corrected chi connectivity index (χ3v) is 4.84. The fourth-order valence-corrected chi connectivity index (χ4v) is 3.37. The van der Waals surface area contributed by atoms with Crippen LogP contribution in [0.5, 0.6) is 11.5 Å². The van der Waals surface area contributed by atoms with Crippen molar-refractivity contribution >= 4 is 0 Å². The molecule has 1 aromatic heterocycles. The minimum Gasteiger partial charge on any atom is -0.497 e. The van der Waals surface area contributed by atoms with Gasteiger partial charge in [-0.3, -0.25) is 4.90 Å². The Labute approximate surface area is 148 Å². The number of hydrogen-bond acceptors (Lipinski definition) is 6. The Hall–Kier alpha value is -2.05. The second-order valence-electron chi connectivity index (χ2n) is 6.57. The van der Waals surface area contributed by atoms with Crippen molar-refractivity contribution in [2.75, 3.05) is 33.9 Å². The van der Waals surface area contributed by atoms with Gasteiger partial charge in [-0.1, -0.05) is 0 Å². The molecule has 1 atom stereocenters. The third kappa shape index (κ3) is 3.96. The molecular formula is C19H27N3O3. The number of aromatic nitrogens is 1. The molecule has 6 nitrogen and oxygen atoms in total. The van der Waals surface area contributed by atoms with E-state index in [-0.39, 0.29) is 0 Å². The Balaban J connectivity index is 1.83. The molecule has 3 rings (SSSR count). The lowest BCUT2D eigenvalue weighted by molar-refractivity contribution is 0.169. The quantitative estimate of drug-likeness (QED) is 0.868. The first-order chi connectivity index (χ1) is 12.1. The molecule has 6 heteroatoms. The monoisotopic (exact) mass is 345 g/mol. The van der Waals surface area contributed by atoms with Crippen molar-refractivity contribution in [3.8, 4) is 23.0 Å². The molecule has 1 aliphatic heterocycles. The van der Waals surface area contributed by atoms with E-state index in [0.717, 1.165) is 54.7 Å². The van der Waals surface area contributed by atoms with Crippen LogP contribution in [0.25, 0.3) is 11.5 Å². The molecule has 1 fully saturated rings. The minimum atomic E-state index is 0.565. The van der Waals surface area contributed by atoms with Crippen molar-refractivity contribution in [2.45, 2.75) is 26.3 Å². The van der Waals surface area contributed by atoms with Gasteiger partial charge in [0.15, 0.2) is 0 Å². The SMILES string of the molecule is COc1ccc(OC)c(-c2nc(CN3CCCC(CN)C3)c(C)o2)c1. The van der Waals surface area contributed by atoms with E-state index in [0.29, 0.717) is 11.8 Å². The van der Waals surface area contributed by atoms with Crippen LogP contribution < -0.4 is 15.2 Å². The molecule has 2 N–H and O–H groups in total. The molecule has 1 aliphatic rings. The summed E-state index contributed by atoms with van der Waals surface area (Å²) in [5.41, 5.74) is 7.61. The first-order valence-corrected chi connectivity index (χ1v) is 8.75. The predicted octanol–water partition coefficient (Wildman–Crippen LogP) is 2.84. The van der Waals surface area contributed by atoms with E-state index in [1.54, 1.807) is 14.2 Å². The number of nitrogens with two attached hydrogens (primary N) is 1. The lowest BCUT2D eigenvalue weighted by Crippen LogP contribution is -2.38. The Morgan fingerprint density at radius 1 is 1.32 bits per heavy atom. The molecule has 0 amide bonds. The number of ether oxygens (including phenoxy) is 2. The summed E-state index contributed by atoms with van der Waals surface area (Å²) in [6.07, 6.45) is 2.41. The van der Waals surface area contributed by atoms with Gasteiger partial charge in [-0.2, -0.15) is 0 Å². The van der Waals surface area contributed by atoms with Crippen molar-refractivity contribution in [2.24, 2.45) is 11.7 Å². The summed E-state index contributed by atoms with van der Waals surface area (Å²) < 4.78 is 16.7. The van der Waals surface area contributed by atoms with Gasteiger partial charge in [0, 0.05) is 13.1 Å². The number of oxazole rings is 1. The number of hydrogen-bond donors (Lipinski definition) is 1. The number of benzene rings is 1. The number of methoxy groups -OCH3 is 2. The standard InChI is InChI=1S/C19H27N3O3/c1-13-17(12-22-8-4-5-14(10-20)11-22)21-19(25-13)16-9-15(23-2)6-7-18(16)24-3/h6-7,9,14H,4-5,8,10-12,20H2,1-3H3. The Morgan fingerprint density at radius 2 is 2.16 bits per heavy atom. The zero-order valence-electron chi connectivity index (χ0n) is 15.2. The van der Waals surface area contributed by atoms with Gasteiger partial charge in [-0.15, -0.1) is 0 Å². The molecular weight excluding hydrogens is 318 g/mol. The highest BCUT2D eigenvalue weighted by molar-refractivity contribution is 5.65. The number of piperidine rings is 1. The van der Waals surface area contributed by atoms with E-state index in [4.69, 9.17) is 24.6 Å². The second-order valence-corrected chi connectivity index (χ2v) is 6.57. The molecule has 25 heavy (non-hydrogen) atoms. The first kappa shape index (κ1) is 17.8. The van der Waals surface area contributed by atoms with E-state index in [2.05, 4.69) is 4.90 Å². The summed E-state index contributed by atoms with van der Waals surface area (Å²) in [4.78, 5) is 7.15. The molecule has 1 aromatic carbocycles. The molecule has 1 saturated heterocycles. The highest BCUT2D eigenvalue weighted by atomic mass is 16.5. The highest BCUT2D eigenvalue weighted by Crippen LogP contribution is 2.34. The van der Waals surface area contributed by atoms with Gasteiger partial charge < -0.3 is 19.6 Å². The van der Waals surface area contributed by atoms with Crippen molar-refractivity contribution < 1.29 is 13.9 Å². The zero-order valence-corrected chi connectivity index (χ0v) is 15.2. The van der Waals surface area contributed by atoms with Crippen LogP contribution in [0.3, 0.4) is 0 Å². The van der Waals surface area contributed by atoms with Gasteiger partial charge in [0.25, 0.3) is 0 Å². The van der Waals surface area contributed by atoms with Crippen molar-refractivity contribution in [3.05, 3.63) is 29.7 Å². The fraction of sp³-hybridized carbons (Fsp3) is 0.526. The fourth-order valence-electron chi connectivity index (χ4n) is 3.37. The molecule has 2 heterocycles. The van der Waals surface area contributed by atoms with Crippen LogP contribution in [0.2, 0.25) is 0 Å². The summed E-state index contributed by atoms with van der Waals surface area (Å²) in [7, 11) is 3.28. The summed E-state index contributed by atoms with van der Waals surface area (Å²) in [5.74, 6) is 3.45. The Bertz CT molecular complexity index is 714.